The summed E-state index contributed by atoms with van der Waals surface area (Å²) in [6.45, 7) is 3.85. The molecule has 0 aliphatic heterocycles. The molecule has 0 heterocycles. The Morgan fingerprint density at radius 1 is 1.14 bits per heavy atom. The molecule has 0 radical (unpaired) electrons. The van der Waals surface area contributed by atoms with Crippen LogP contribution in [0.3, 0.4) is 0 Å². The fourth-order valence-electron chi connectivity index (χ4n) is 2.60. The molecule has 1 aliphatic rings. The molecule has 0 fully saturated rings. The predicted molar refractivity (Wildman–Crippen MR) is 82.4 cm³/mol. The molecule has 4 nitrogen and oxygen atoms in total. The van der Waals surface area contributed by atoms with Gasteiger partial charge in [-0.2, -0.15) is 0 Å². The maximum atomic E-state index is 12.4. The predicted octanol–water partition coefficient (Wildman–Crippen LogP) is 2.50. The molecule has 0 spiro atoms. The number of halogens is 1. The van der Waals surface area contributed by atoms with Crippen LogP contribution in [-0.4, -0.2) is 11.9 Å². The van der Waals surface area contributed by atoms with E-state index < -0.39 is 17.8 Å². The van der Waals surface area contributed by atoms with Crippen molar-refractivity contribution < 1.29 is 14.7 Å². The summed E-state index contributed by atoms with van der Waals surface area (Å²) in [6.07, 6.45) is 0.836. The summed E-state index contributed by atoms with van der Waals surface area (Å²) in [7, 11) is 0. The number of carboxylic acids is 1. The number of hydrogen-bond acceptors (Lipinski definition) is 3. The van der Waals surface area contributed by atoms with E-state index in [1.54, 1.807) is 6.07 Å². The number of carbonyl (C=O) groups is 2. The van der Waals surface area contributed by atoms with Gasteiger partial charge in [0.05, 0.1) is 11.6 Å². The van der Waals surface area contributed by atoms with Crippen molar-refractivity contribution in [1.82, 2.24) is 0 Å². The number of allylic oxidation sites excluding steroid dienone is 2. The van der Waals surface area contributed by atoms with Crippen LogP contribution in [0.15, 0.2) is 39.9 Å². The highest BCUT2D eigenvalue weighted by molar-refractivity contribution is 9.10. The van der Waals surface area contributed by atoms with Gasteiger partial charge in [-0.3, -0.25) is 4.79 Å². The Kier molecular flexibility index (Phi) is 4.83. The quantitative estimate of drug-likeness (QED) is 0.851. The van der Waals surface area contributed by atoms with Crippen LogP contribution in [0.1, 0.15) is 26.7 Å². The Labute approximate surface area is 132 Å². The van der Waals surface area contributed by atoms with Gasteiger partial charge in [0, 0.05) is 16.4 Å². The molecule has 5 heteroatoms. The molecule has 0 saturated carbocycles. The minimum atomic E-state index is -1.16. The van der Waals surface area contributed by atoms with Crippen LogP contribution in [0.2, 0.25) is 0 Å². The van der Waals surface area contributed by atoms with Crippen LogP contribution in [0.5, 0.6) is 0 Å². The molecule has 1 N–H and O–H groups in total. The minimum Gasteiger partial charge on any atom is -0.550 e. The first-order valence-electron chi connectivity index (χ1n) is 6.81. The Morgan fingerprint density at radius 2 is 1.71 bits per heavy atom. The molecule has 112 valence electrons. The summed E-state index contributed by atoms with van der Waals surface area (Å²) in [5.41, 5.74) is 2.76. The van der Waals surface area contributed by atoms with Crippen molar-refractivity contribution >= 4 is 33.5 Å². The molecule has 0 unspecified atom stereocenters. The summed E-state index contributed by atoms with van der Waals surface area (Å²) in [4.78, 5) is 23.8. The number of aliphatic carboxylic acids is 1. The van der Waals surface area contributed by atoms with Crippen LogP contribution in [0, 0.1) is 11.8 Å². The number of carbonyl (C=O) groups excluding carboxylic acids is 2. The van der Waals surface area contributed by atoms with Crippen LogP contribution < -0.4 is 10.4 Å². The smallest absolute Gasteiger partial charge is 0.228 e. The number of anilines is 1. The van der Waals surface area contributed by atoms with Crippen molar-refractivity contribution in [1.29, 1.82) is 0 Å². The number of para-hydroxylation sites is 1. The van der Waals surface area contributed by atoms with Crippen molar-refractivity contribution in [3.63, 3.8) is 0 Å². The van der Waals surface area contributed by atoms with Gasteiger partial charge in [-0.1, -0.05) is 23.3 Å². The van der Waals surface area contributed by atoms with Gasteiger partial charge in [0.25, 0.3) is 0 Å². The maximum absolute atomic E-state index is 12.4. The van der Waals surface area contributed by atoms with E-state index in [1.807, 2.05) is 32.0 Å². The van der Waals surface area contributed by atoms with Gasteiger partial charge >= 0.3 is 0 Å². The van der Waals surface area contributed by atoms with E-state index in [2.05, 4.69) is 21.2 Å². The van der Waals surface area contributed by atoms with Crippen molar-refractivity contribution in [2.24, 2.45) is 11.8 Å². The molecule has 0 aromatic heterocycles. The summed E-state index contributed by atoms with van der Waals surface area (Å²) in [6, 6.07) is 7.25. The average molecular weight is 351 g/mol. The summed E-state index contributed by atoms with van der Waals surface area (Å²) in [5, 5.41) is 14.1. The summed E-state index contributed by atoms with van der Waals surface area (Å²) >= 11 is 3.36. The number of nitrogens with one attached hydrogen (secondary N) is 1. The highest BCUT2D eigenvalue weighted by Crippen LogP contribution is 2.35. The topological polar surface area (TPSA) is 69.2 Å². The number of carboxylic acid groups (broad SMARTS) is 1. The molecular weight excluding hydrogens is 334 g/mol. The maximum Gasteiger partial charge on any atom is 0.228 e. The molecule has 0 bridgehead atoms. The third-order valence-electron chi connectivity index (χ3n) is 4.04. The Bertz CT molecular complexity index is 609. The van der Waals surface area contributed by atoms with Gasteiger partial charge in [0.2, 0.25) is 5.91 Å². The third kappa shape index (κ3) is 3.53. The molecule has 1 aliphatic carbocycles. The Morgan fingerprint density at radius 3 is 2.29 bits per heavy atom. The van der Waals surface area contributed by atoms with E-state index in [0.717, 1.165) is 15.6 Å². The van der Waals surface area contributed by atoms with Crippen molar-refractivity contribution in [2.45, 2.75) is 26.7 Å². The first-order chi connectivity index (χ1) is 9.90. The van der Waals surface area contributed by atoms with E-state index >= 15 is 0 Å². The van der Waals surface area contributed by atoms with Gasteiger partial charge in [0.15, 0.2) is 0 Å². The molecule has 0 saturated heterocycles. The molecule has 2 rings (SSSR count). The van der Waals surface area contributed by atoms with Gasteiger partial charge in [-0.25, -0.2) is 0 Å². The van der Waals surface area contributed by atoms with E-state index in [0.29, 0.717) is 18.5 Å². The lowest BCUT2D eigenvalue weighted by Crippen LogP contribution is -2.42. The molecule has 21 heavy (non-hydrogen) atoms. The fourth-order valence-corrected chi connectivity index (χ4v) is 2.99. The van der Waals surface area contributed by atoms with Crippen LogP contribution in [0.25, 0.3) is 0 Å². The lowest BCUT2D eigenvalue weighted by molar-refractivity contribution is -0.313. The molecule has 1 aromatic carbocycles. The number of amides is 1. The van der Waals surface area contributed by atoms with Gasteiger partial charge in [-0.15, -0.1) is 0 Å². The normalized spacial score (nSPS) is 22.0. The summed E-state index contributed by atoms with van der Waals surface area (Å²) < 4.78 is 0.766. The van der Waals surface area contributed by atoms with E-state index in [-0.39, 0.29) is 5.91 Å². The highest BCUT2D eigenvalue weighted by atomic mass is 79.9. The zero-order chi connectivity index (χ0) is 15.6. The van der Waals surface area contributed by atoms with Crippen LogP contribution >= 0.6 is 15.9 Å². The largest absolute Gasteiger partial charge is 0.550 e. The SMILES string of the molecule is CC1=C(C)C[C@@H](C(=O)Nc2ccccc2Br)[C@H](C(=O)[O-])C1. The molecule has 2 atom stereocenters. The number of rotatable bonds is 3. The van der Waals surface area contributed by atoms with Crippen molar-refractivity contribution in [3.05, 3.63) is 39.9 Å². The average Bonchev–Trinajstić information content (AvgIpc) is 2.43. The lowest BCUT2D eigenvalue weighted by Gasteiger charge is -2.32. The van der Waals surface area contributed by atoms with Crippen molar-refractivity contribution in [3.8, 4) is 0 Å². The van der Waals surface area contributed by atoms with Gasteiger partial charge in [0.1, 0.15) is 0 Å². The van der Waals surface area contributed by atoms with Crippen molar-refractivity contribution in [2.75, 3.05) is 5.32 Å². The van der Waals surface area contributed by atoms with Crippen LogP contribution in [0.4, 0.5) is 5.69 Å². The number of hydrogen-bond donors (Lipinski definition) is 1. The second-order valence-corrected chi connectivity index (χ2v) is 6.32. The zero-order valence-electron chi connectivity index (χ0n) is 12.0. The first kappa shape index (κ1) is 15.8. The zero-order valence-corrected chi connectivity index (χ0v) is 13.6. The van der Waals surface area contributed by atoms with Crippen LogP contribution in [-0.2, 0) is 9.59 Å². The molecule has 1 amide bonds. The van der Waals surface area contributed by atoms with Gasteiger partial charge < -0.3 is 15.2 Å². The molecule has 1 aromatic rings. The standard InChI is InChI=1S/C16H18BrNO3/c1-9-7-11(12(16(20)21)8-10(9)2)15(19)18-14-6-4-3-5-13(14)17/h3-6,11-12H,7-8H2,1-2H3,(H,18,19)(H,20,21)/p-1/t11-,12-/m1/s1. The second kappa shape index (κ2) is 6.43. The fraction of sp³-hybridized carbons (Fsp3) is 0.375. The van der Waals surface area contributed by atoms with E-state index in [4.69, 9.17) is 0 Å². The third-order valence-corrected chi connectivity index (χ3v) is 4.73. The number of benzene rings is 1. The monoisotopic (exact) mass is 350 g/mol. The highest BCUT2D eigenvalue weighted by Gasteiger charge is 2.33. The first-order valence-corrected chi connectivity index (χ1v) is 7.61. The summed E-state index contributed by atoms with van der Waals surface area (Å²) in [5.74, 6) is -2.79. The second-order valence-electron chi connectivity index (χ2n) is 5.47. The van der Waals surface area contributed by atoms with E-state index in [9.17, 15) is 14.7 Å². The minimum absolute atomic E-state index is 0.275. The van der Waals surface area contributed by atoms with Gasteiger partial charge in [-0.05, 0) is 54.8 Å². The molecular formula is C16H17BrNO3-. The van der Waals surface area contributed by atoms with E-state index in [1.165, 1.54) is 0 Å². The Hall–Kier alpha value is -1.62. The Balaban J connectivity index is 2.21. The lowest BCUT2D eigenvalue weighted by atomic mass is 9.76.